The smallest absolute Gasteiger partial charge is 0.238 e. The van der Waals surface area contributed by atoms with Crippen LogP contribution in [0.5, 0.6) is 0 Å². The molecular weight excluding hydrogens is 176 g/mol. The molecule has 1 heterocycles. The standard InChI is InChI=1S/C11H14N2O/c1-9-8-13(2)12-11(14-9)10-6-4-3-5-7-10/h3-7,9H,8H2,1-2H3. The monoisotopic (exact) mass is 190 g/mol. The van der Waals surface area contributed by atoms with E-state index >= 15 is 0 Å². The molecule has 0 radical (unpaired) electrons. The molecule has 0 saturated carbocycles. The number of hydrogen-bond acceptors (Lipinski definition) is 3. The Hall–Kier alpha value is -1.51. The molecule has 1 unspecified atom stereocenters. The maximum atomic E-state index is 5.65. The topological polar surface area (TPSA) is 24.8 Å². The molecule has 3 nitrogen and oxygen atoms in total. The number of hydrazone groups is 1. The molecule has 14 heavy (non-hydrogen) atoms. The predicted molar refractivity (Wildman–Crippen MR) is 56.2 cm³/mol. The van der Waals surface area contributed by atoms with Crippen LogP contribution < -0.4 is 0 Å². The van der Waals surface area contributed by atoms with Crippen molar-refractivity contribution in [3.63, 3.8) is 0 Å². The van der Waals surface area contributed by atoms with Gasteiger partial charge >= 0.3 is 0 Å². The molecule has 0 bridgehead atoms. The second-order valence-corrected chi connectivity index (χ2v) is 3.54. The first kappa shape index (κ1) is 9.06. The van der Waals surface area contributed by atoms with Crippen LogP contribution in [0, 0.1) is 0 Å². The Morgan fingerprint density at radius 1 is 1.36 bits per heavy atom. The van der Waals surface area contributed by atoms with E-state index in [2.05, 4.69) is 5.10 Å². The molecule has 1 aliphatic heterocycles. The first-order valence-corrected chi connectivity index (χ1v) is 4.77. The van der Waals surface area contributed by atoms with Gasteiger partial charge in [-0.15, -0.1) is 5.10 Å². The van der Waals surface area contributed by atoms with Crippen molar-refractivity contribution in [2.75, 3.05) is 13.6 Å². The van der Waals surface area contributed by atoms with E-state index in [-0.39, 0.29) is 6.10 Å². The lowest BCUT2D eigenvalue weighted by atomic mass is 10.2. The molecule has 0 fully saturated rings. The summed E-state index contributed by atoms with van der Waals surface area (Å²) in [6.45, 7) is 2.89. The van der Waals surface area contributed by atoms with Gasteiger partial charge in [0.05, 0.1) is 6.54 Å². The quantitative estimate of drug-likeness (QED) is 0.673. The van der Waals surface area contributed by atoms with Gasteiger partial charge in [-0.05, 0) is 19.1 Å². The second-order valence-electron chi connectivity index (χ2n) is 3.54. The Kier molecular flexibility index (Phi) is 2.39. The van der Waals surface area contributed by atoms with Crippen molar-refractivity contribution in [3.8, 4) is 0 Å². The summed E-state index contributed by atoms with van der Waals surface area (Å²) >= 11 is 0. The van der Waals surface area contributed by atoms with Crippen LogP contribution in [-0.2, 0) is 4.74 Å². The van der Waals surface area contributed by atoms with Crippen molar-refractivity contribution >= 4 is 5.90 Å². The highest BCUT2D eigenvalue weighted by Crippen LogP contribution is 2.11. The first-order chi connectivity index (χ1) is 6.75. The summed E-state index contributed by atoms with van der Waals surface area (Å²) in [6.07, 6.45) is 0.202. The molecule has 3 heteroatoms. The third-order valence-electron chi connectivity index (χ3n) is 2.12. The lowest BCUT2D eigenvalue weighted by Gasteiger charge is -2.27. The van der Waals surface area contributed by atoms with Crippen LogP contribution >= 0.6 is 0 Å². The molecule has 74 valence electrons. The van der Waals surface area contributed by atoms with Crippen molar-refractivity contribution in [2.45, 2.75) is 13.0 Å². The zero-order valence-electron chi connectivity index (χ0n) is 8.47. The lowest BCUT2D eigenvalue weighted by molar-refractivity contribution is 0.120. The fraction of sp³-hybridized carbons (Fsp3) is 0.364. The molecule has 0 aliphatic carbocycles. The zero-order valence-corrected chi connectivity index (χ0v) is 8.47. The van der Waals surface area contributed by atoms with E-state index in [0.717, 1.165) is 12.1 Å². The van der Waals surface area contributed by atoms with Crippen LogP contribution in [0.2, 0.25) is 0 Å². The van der Waals surface area contributed by atoms with Gasteiger partial charge in [-0.1, -0.05) is 18.2 Å². The number of rotatable bonds is 1. The Bertz CT molecular complexity index is 334. The molecule has 0 saturated heterocycles. The van der Waals surface area contributed by atoms with Crippen molar-refractivity contribution in [1.29, 1.82) is 0 Å². The summed E-state index contributed by atoms with van der Waals surface area (Å²) in [5, 5.41) is 6.24. The lowest BCUT2D eigenvalue weighted by Crippen LogP contribution is -2.34. The largest absolute Gasteiger partial charge is 0.471 e. The summed E-state index contributed by atoms with van der Waals surface area (Å²) < 4.78 is 5.65. The molecular formula is C11H14N2O. The first-order valence-electron chi connectivity index (χ1n) is 4.77. The van der Waals surface area contributed by atoms with E-state index < -0.39 is 0 Å². The molecule has 0 aromatic heterocycles. The molecule has 0 amide bonds. The van der Waals surface area contributed by atoms with Gasteiger partial charge < -0.3 is 4.74 Å². The zero-order chi connectivity index (χ0) is 9.97. The summed E-state index contributed by atoms with van der Waals surface area (Å²) in [5.41, 5.74) is 1.03. The fourth-order valence-corrected chi connectivity index (χ4v) is 1.53. The normalized spacial score (nSPS) is 21.4. The van der Waals surface area contributed by atoms with Gasteiger partial charge in [0.1, 0.15) is 6.10 Å². The fourth-order valence-electron chi connectivity index (χ4n) is 1.53. The average Bonchev–Trinajstić information content (AvgIpc) is 2.18. The van der Waals surface area contributed by atoms with E-state index in [0.29, 0.717) is 5.90 Å². The Balaban J connectivity index is 2.26. The van der Waals surface area contributed by atoms with E-state index in [1.54, 1.807) is 0 Å². The third kappa shape index (κ3) is 1.87. The van der Waals surface area contributed by atoms with E-state index in [1.807, 2.05) is 49.3 Å². The van der Waals surface area contributed by atoms with Crippen LogP contribution in [0.15, 0.2) is 35.4 Å². The minimum Gasteiger partial charge on any atom is -0.471 e. The van der Waals surface area contributed by atoms with Crippen molar-refractivity contribution in [1.82, 2.24) is 5.01 Å². The van der Waals surface area contributed by atoms with Gasteiger partial charge in [0.15, 0.2) is 0 Å². The van der Waals surface area contributed by atoms with Crippen LogP contribution in [0.25, 0.3) is 0 Å². The second kappa shape index (κ2) is 3.70. The van der Waals surface area contributed by atoms with E-state index in [1.165, 1.54) is 0 Å². The summed E-state index contributed by atoms with van der Waals surface area (Å²) in [7, 11) is 1.96. The van der Waals surface area contributed by atoms with E-state index in [4.69, 9.17) is 4.74 Å². The van der Waals surface area contributed by atoms with Crippen molar-refractivity contribution in [2.24, 2.45) is 5.10 Å². The number of hydrogen-bond donors (Lipinski definition) is 0. The van der Waals surface area contributed by atoms with Gasteiger partial charge in [0.2, 0.25) is 5.90 Å². The SMILES string of the molecule is CC1CN(C)N=C(c2ccccc2)O1. The van der Waals surface area contributed by atoms with Crippen molar-refractivity contribution < 1.29 is 4.74 Å². The Morgan fingerprint density at radius 2 is 2.07 bits per heavy atom. The van der Waals surface area contributed by atoms with Gasteiger partial charge in [0.25, 0.3) is 0 Å². The highest BCUT2D eigenvalue weighted by atomic mass is 16.5. The van der Waals surface area contributed by atoms with Gasteiger partial charge in [-0.3, -0.25) is 5.01 Å². The Labute approximate surface area is 84.0 Å². The highest BCUT2D eigenvalue weighted by Gasteiger charge is 2.17. The number of benzene rings is 1. The highest BCUT2D eigenvalue weighted by molar-refractivity contribution is 5.94. The molecule has 1 aromatic carbocycles. The minimum atomic E-state index is 0.202. The molecule has 1 atom stereocenters. The van der Waals surface area contributed by atoms with Crippen LogP contribution in [-0.4, -0.2) is 30.6 Å². The van der Waals surface area contributed by atoms with Gasteiger partial charge in [0, 0.05) is 12.6 Å². The summed E-state index contributed by atoms with van der Waals surface area (Å²) in [5.74, 6) is 0.715. The van der Waals surface area contributed by atoms with Gasteiger partial charge in [-0.25, -0.2) is 0 Å². The maximum absolute atomic E-state index is 5.65. The minimum absolute atomic E-state index is 0.202. The number of likely N-dealkylation sites (N-methyl/N-ethyl adjacent to an activating group) is 1. The molecule has 0 spiro atoms. The van der Waals surface area contributed by atoms with Crippen LogP contribution in [0.4, 0.5) is 0 Å². The van der Waals surface area contributed by atoms with Crippen LogP contribution in [0.1, 0.15) is 12.5 Å². The average molecular weight is 190 g/mol. The van der Waals surface area contributed by atoms with Crippen LogP contribution in [0.3, 0.4) is 0 Å². The predicted octanol–water partition coefficient (Wildman–Crippen LogP) is 1.70. The third-order valence-corrected chi connectivity index (χ3v) is 2.12. The molecule has 1 aromatic rings. The molecule has 2 rings (SSSR count). The van der Waals surface area contributed by atoms with E-state index in [9.17, 15) is 0 Å². The molecule has 1 aliphatic rings. The number of ether oxygens (including phenoxy) is 1. The number of nitrogens with zero attached hydrogens (tertiary/aromatic N) is 2. The van der Waals surface area contributed by atoms with Gasteiger partial charge in [-0.2, -0.15) is 0 Å². The summed E-state index contributed by atoms with van der Waals surface area (Å²) in [6, 6.07) is 9.97. The van der Waals surface area contributed by atoms with Crippen molar-refractivity contribution in [3.05, 3.63) is 35.9 Å². The Morgan fingerprint density at radius 3 is 2.71 bits per heavy atom. The summed E-state index contributed by atoms with van der Waals surface area (Å²) in [4.78, 5) is 0. The molecule has 0 N–H and O–H groups in total. The maximum Gasteiger partial charge on any atom is 0.238 e.